The minimum Gasteiger partial charge on any atom is -0.481 e. The van der Waals surface area contributed by atoms with Gasteiger partial charge in [-0.2, -0.15) is 0 Å². The molecule has 0 radical (unpaired) electrons. The van der Waals surface area contributed by atoms with Gasteiger partial charge in [0.25, 0.3) is 0 Å². The number of hydrogen-bond acceptors (Lipinski definition) is 3. The Morgan fingerprint density at radius 2 is 2.00 bits per heavy atom. The van der Waals surface area contributed by atoms with Crippen LogP contribution in [0.2, 0.25) is 0 Å². The van der Waals surface area contributed by atoms with Crippen LogP contribution < -0.4 is 5.32 Å². The molecule has 5 heteroatoms. The molecule has 0 bridgehead atoms. The van der Waals surface area contributed by atoms with Gasteiger partial charge in [0.1, 0.15) is 0 Å². The Balaban J connectivity index is 1.68. The van der Waals surface area contributed by atoms with Gasteiger partial charge in [0.05, 0.1) is 5.41 Å². The standard InChI is InChI=1S/C14H24N2O3/c1-14(2,13(18)19)7-12(17)15-8-10-5-6-16(9-10)11-3-4-11/h10-11H,3-9H2,1-2H3,(H,15,17)(H,18,19). The lowest BCUT2D eigenvalue weighted by atomic mass is 9.89. The number of aliphatic carboxylic acids is 1. The molecule has 2 fully saturated rings. The van der Waals surface area contributed by atoms with Gasteiger partial charge in [-0.25, -0.2) is 0 Å². The Morgan fingerprint density at radius 3 is 2.58 bits per heavy atom. The molecule has 0 spiro atoms. The number of nitrogens with zero attached hydrogens (tertiary/aromatic N) is 1. The summed E-state index contributed by atoms with van der Waals surface area (Å²) in [6, 6.07) is 0.798. The first kappa shape index (κ1) is 14.3. The number of hydrogen-bond donors (Lipinski definition) is 2. The van der Waals surface area contributed by atoms with Crippen LogP contribution in [0.15, 0.2) is 0 Å². The average Bonchev–Trinajstić information content (AvgIpc) is 3.05. The lowest BCUT2D eigenvalue weighted by molar-refractivity contribution is -0.149. The maximum atomic E-state index is 11.8. The van der Waals surface area contributed by atoms with Crippen LogP contribution in [0.25, 0.3) is 0 Å². The molecule has 2 N–H and O–H groups in total. The summed E-state index contributed by atoms with van der Waals surface area (Å²) in [6.07, 6.45) is 3.83. The number of carboxylic acid groups (broad SMARTS) is 1. The van der Waals surface area contributed by atoms with Crippen LogP contribution in [-0.4, -0.2) is 47.6 Å². The fraction of sp³-hybridized carbons (Fsp3) is 0.857. The van der Waals surface area contributed by atoms with Crippen LogP contribution in [0.1, 0.15) is 39.5 Å². The Hall–Kier alpha value is -1.10. The third-order valence-electron chi connectivity index (χ3n) is 4.15. The second-order valence-corrected chi connectivity index (χ2v) is 6.55. The van der Waals surface area contributed by atoms with E-state index in [0.29, 0.717) is 12.5 Å². The maximum Gasteiger partial charge on any atom is 0.309 e. The normalized spacial score (nSPS) is 24.4. The van der Waals surface area contributed by atoms with E-state index in [1.807, 2.05) is 0 Å². The molecule has 1 aliphatic carbocycles. The van der Waals surface area contributed by atoms with Crippen molar-refractivity contribution in [1.29, 1.82) is 0 Å². The van der Waals surface area contributed by atoms with Crippen molar-refractivity contribution in [3.8, 4) is 0 Å². The van der Waals surface area contributed by atoms with Gasteiger partial charge in [-0.15, -0.1) is 0 Å². The molecule has 1 saturated carbocycles. The maximum absolute atomic E-state index is 11.8. The minimum atomic E-state index is -0.986. The zero-order chi connectivity index (χ0) is 14.0. The van der Waals surface area contributed by atoms with E-state index in [2.05, 4.69) is 10.2 Å². The van der Waals surface area contributed by atoms with Crippen molar-refractivity contribution >= 4 is 11.9 Å². The molecule has 2 aliphatic rings. The second kappa shape index (κ2) is 5.49. The Labute approximate surface area is 114 Å². The van der Waals surface area contributed by atoms with Crippen molar-refractivity contribution in [2.24, 2.45) is 11.3 Å². The van der Waals surface area contributed by atoms with Gasteiger partial charge in [0.2, 0.25) is 5.91 Å². The molecule has 1 aliphatic heterocycles. The lowest BCUT2D eigenvalue weighted by Gasteiger charge is -2.19. The molecule has 0 aromatic rings. The Kier molecular flexibility index (Phi) is 4.13. The van der Waals surface area contributed by atoms with E-state index in [1.54, 1.807) is 13.8 Å². The molecule has 108 valence electrons. The van der Waals surface area contributed by atoms with Crippen LogP contribution in [0.4, 0.5) is 0 Å². The Morgan fingerprint density at radius 1 is 1.32 bits per heavy atom. The number of amides is 1. The number of carbonyl (C=O) groups excluding carboxylic acids is 1. The fourth-order valence-corrected chi connectivity index (χ4v) is 2.60. The molecule has 1 heterocycles. The van der Waals surface area contributed by atoms with Gasteiger partial charge in [0.15, 0.2) is 0 Å². The summed E-state index contributed by atoms with van der Waals surface area (Å²) in [6.45, 7) is 6.06. The summed E-state index contributed by atoms with van der Waals surface area (Å²) >= 11 is 0. The molecule has 1 unspecified atom stereocenters. The zero-order valence-corrected chi connectivity index (χ0v) is 11.8. The predicted octanol–water partition coefficient (Wildman–Crippen LogP) is 1.09. The van der Waals surface area contributed by atoms with Gasteiger partial charge in [-0.1, -0.05) is 0 Å². The van der Waals surface area contributed by atoms with Crippen molar-refractivity contribution in [1.82, 2.24) is 10.2 Å². The topological polar surface area (TPSA) is 69.6 Å². The van der Waals surface area contributed by atoms with Crippen LogP contribution in [-0.2, 0) is 9.59 Å². The molecule has 5 nitrogen and oxygen atoms in total. The molecule has 2 rings (SSSR count). The van der Waals surface area contributed by atoms with Crippen LogP contribution >= 0.6 is 0 Å². The predicted molar refractivity (Wildman–Crippen MR) is 71.7 cm³/mol. The number of likely N-dealkylation sites (tertiary alicyclic amines) is 1. The highest BCUT2D eigenvalue weighted by molar-refractivity contribution is 5.84. The first-order valence-electron chi connectivity index (χ1n) is 7.12. The highest BCUT2D eigenvalue weighted by Gasteiger charge is 2.35. The Bertz CT molecular complexity index is 364. The first-order valence-corrected chi connectivity index (χ1v) is 7.12. The van der Waals surface area contributed by atoms with Gasteiger partial charge < -0.3 is 15.3 Å². The average molecular weight is 268 g/mol. The number of rotatable bonds is 6. The summed E-state index contributed by atoms with van der Waals surface area (Å²) in [4.78, 5) is 25.2. The van der Waals surface area contributed by atoms with Gasteiger partial charge in [0, 0.05) is 25.6 Å². The van der Waals surface area contributed by atoms with E-state index in [-0.39, 0.29) is 12.3 Å². The van der Waals surface area contributed by atoms with Crippen molar-refractivity contribution < 1.29 is 14.7 Å². The molecule has 19 heavy (non-hydrogen) atoms. The second-order valence-electron chi connectivity index (χ2n) is 6.55. The van der Waals surface area contributed by atoms with E-state index >= 15 is 0 Å². The van der Waals surface area contributed by atoms with Crippen molar-refractivity contribution in [2.45, 2.75) is 45.6 Å². The summed E-state index contributed by atoms with van der Waals surface area (Å²) < 4.78 is 0. The van der Waals surface area contributed by atoms with E-state index in [1.165, 1.54) is 12.8 Å². The number of carboxylic acids is 1. The van der Waals surface area contributed by atoms with E-state index in [4.69, 9.17) is 5.11 Å². The molecule has 0 aromatic heterocycles. The lowest BCUT2D eigenvalue weighted by Crippen LogP contribution is -2.36. The van der Waals surface area contributed by atoms with E-state index < -0.39 is 11.4 Å². The quantitative estimate of drug-likeness (QED) is 0.756. The van der Waals surface area contributed by atoms with Crippen LogP contribution in [0.3, 0.4) is 0 Å². The highest BCUT2D eigenvalue weighted by atomic mass is 16.4. The number of carbonyl (C=O) groups is 2. The third kappa shape index (κ3) is 3.93. The van der Waals surface area contributed by atoms with Gasteiger partial charge in [-0.3, -0.25) is 9.59 Å². The van der Waals surface area contributed by atoms with Crippen molar-refractivity contribution in [2.75, 3.05) is 19.6 Å². The SMILES string of the molecule is CC(C)(CC(=O)NCC1CCN(C2CC2)C1)C(=O)O. The minimum absolute atomic E-state index is 0.0430. The summed E-state index contributed by atoms with van der Waals surface area (Å²) in [5.74, 6) is -0.557. The summed E-state index contributed by atoms with van der Waals surface area (Å²) in [5, 5.41) is 11.9. The molecular formula is C14H24N2O3. The molecule has 1 saturated heterocycles. The van der Waals surface area contributed by atoms with Crippen LogP contribution in [0, 0.1) is 11.3 Å². The number of nitrogens with one attached hydrogen (secondary N) is 1. The fourth-order valence-electron chi connectivity index (χ4n) is 2.60. The molecule has 1 atom stereocenters. The molecule has 0 aromatic carbocycles. The van der Waals surface area contributed by atoms with Crippen LogP contribution in [0.5, 0.6) is 0 Å². The van der Waals surface area contributed by atoms with Gasteiger partial charge in [-0.05, 0) is 45.6 Å². The van der Waals surface area contributed by atoms with E-state index in [0.717, 1.165) is 25.6 Å². The first-order chi connectivity index (χ1) is 8.88. The highest BCUT2D eigenvalue weighted by Crippen LogP contribution is 2.31. The van der Waals surface area contributed by atoms with Crippen molar-refractivity contribution in [3.05, 3.63) is 0 Å². The zero-order valence-electron chi connectivity index (χ0n) is 11.8. The van der Waals surface area contributed by atoms with E-state index in [9.17, 15) is 9.59 Å². The molecular weight excluding hydrogens is 244 g/mol. The third-order valence-corrected chi connectivity index (χ3v) is 4.15. The smallest absolute Gasteiger partial charge is 0.309 e. The van der Waals surface area contributed by atoms with Gasteiger partial charge >= 0.3 is 5.97 Å². The summed E-state index contributed by atoms with van der Waals surface area (Å²) in [7, 11) is 0. The summed E-state index contributed by atoms with van der Waals surface area (Å²) in [5.41, 5.74) is -0.986. The van der Waals surface area contributed by atoms with Crippen molar-refractivity contribution in [3.63, 3.8) is 0 Å². The monoisotopic (exact) mass is 268 g/mol. The molecule has 1 amide bonds. The largest absolute Gasteiger partial charge is 0.481 e.